The first-order chi connectivity index (χ1) is 4.20. The van der Waals surface area contributed by atoms with Crippen LogP contribution in [0.1, 0.15) is 40.5 Å². The zero-order chi connectivity index (χ0) is 7.28. The number of hydrogen-bond acceptors (Lipinski definition) is 0. The summed E-state index contributed by atoms with van der Waals surface area (Å²) in [7, 11) is 0. The predicted octanol–water partition coefficient (Wildman–Crippen LogP) is 3.39. The maximum atomic E-state index is 2.30. The van der Waals surface area contributed by atoms with Crippen LogP contribution in [0.5, 0.6) is 0 Å². The molecule has 9 heavy (non-hydrogen) atoms. The van der Waals surface area contributed by atoms with Crippen LogP contribution >= 0.6 is 0 Å². The molecule has 0 nitrogen and oxygen atoms in total. The monoisotopic (exact) mass is 126 g/mol. The second-order valence-corrected chi connectivity index (χ2v) is 2.85. The van der Waals surface area contributed by atoms with Gasteiger partial charge in [-0.3, -0.25) is 0 Å². The molecule has 0 saturated heterocycles. The second kappa shape index (κ2) is 4.60. The second-order valence-electron chi connectivity index (χ2n) is 2.85. The molecule has 0 rings (SSSR count). The smallest absolute Gasteiger partial charge is 0.0297 e. The Balaban J connectivity index is 3.47. The van der Waals surface area contributed by atoms with E-state index < -0.39 is 0 Å². The Morgan fingerprint density at radius 2 is 2.11 bits per heavy atom. The van der Waals surface area contributed by atoms with Gasteiger partial charge >= 0.3 is 0 Å². The molecule has 0 N–H and O–H groups in total. The first-order valence-electron chi connectivity index (χ1n) is 3.82. The molecule has 0 aliphatic rings. The summed E-state index contributed by atoms with van der Waals surface area (Å²) in [5, 5.41) is 0. The molecule has 0 fully saturated rings. The van der Waals surface area contributed by atoms with E-state index in [1.807, 2.05) is 0 Å². The zero-order valence-corrected chi connectivity index (χ0v) is 7.07. The van der Waals surface area contributed by atoms with Crippen LogP contribution in [0.15, 0.2) is 11.6 Å². The van der Waals surface area contributed by atoms with Crippen molar-refractivity contribution in [3.63, 3.8) is 0 Å². The van der Waals surface area contributed by atoms with Crippen LogP contribution in [0.4, 0.5) is 0 Å². The average Bonchev–Trinajstić information content (AvgIpc) is 1.87. The summed E-state index contributed by atoms with van der Waals surface area (Å²) in [5.41, 5.74) is 1.52. The third-order valence-electron chi connectivity index (χ3n) is 1.86. The summed E-state index contributed by atoms with van der Waals surface area (Å²) >= 11 is 0. The van der Waals surface area contributed by atoms with Gasteiger partial charge in [0.1, 0.15) is 0 Å². The molecule has 0 aromatic heterocycles. The van der Waals surface area contributed by atoms with Crippen molar-refractivity contribution in [2.45, 2.75) is 40.5 Å². The molecule has 0 bridgehead atoms. The number of hydrogen-bond donors (Lipinski definition) is 0. The van der Waals surface area contributed by atoms with E-state index in [2.05, 4.69) is 33.8 Å². The highest BCUT2D eigenvalue weighted by molar-refractivity contribution is 4.96. The molecule has 0 spiro atoms. The molecule has 1 unspecified atom stereocenters. The Kier molecular flexibility index (Phi) is 4.47. The van der Waals surface area contributed by atoms with Crippen LogP contribution in [0.2, 0.25) is 0 Å². The van der Waals surface area contributed by atoms with Crippen molar-refractivity contribution in [3.8, 4) is 0 Å². The minimum atomic E-state index is 0.862. The first-order valence-corrected chi connectivity index (χ1v) is 3.82. The molecule has 1 atom stereocenters. The Labute approximate surface area is 59.0 Å². The highest BCUT2D eigenvalue weighted by Gasteiger charge is 1.97. The van der Waals surface area contributed by atoms with Gasteiger partial charge in [-0.2, -0.15) is 0 Å². The Morgan fingerprint density at radius 1 is 1.56 bits per heavy atom. The third kappa shape index (κ3) is 4.26. The minimum absolute atomic E-state index is 0.862. The summed E-state index contributed by atoms with van der Waals surface area (Å²) in [4.78, 5) is 0. The molecular formula is C9H18. The Hall–Kier alpha value is -0.260. The molecule has 0 amide bonds. The predicted molar refractivity (Wildman–Crippen MR) is 43.5 cm³/mol. The van der Waals surface area contributed by atoms with Gasteiger partial charge in [0, 0.05) is 0 Å². The van der Waals surface area contributed by atoms with Gasteiger partial charge in [0.2, 0.25) is 0 Å². The van der Waals surface area contributed by atoms with Gasteiger partial charge in [-0.25, -0.2) is 0 Å². The van der Waals surface area contributed by atoms with Crippen LogP contribution < -0.4 is 0 Å². The van der Waals surface area contributed by atoms with Crippen LogP contribution in [0.3, 0.4) is 0 Å². The lowest BCUT2D eigenvalue weighted by Gasteiger charge is -2.06. The molecular weight excluding hydrogens is 108 g/mol. The van der Waals surface area contributed by atoms with E-state index in [0.717, 1.165) is 5.92 Å². The topological polar surface area (TPSA) is 0 Å². The fraction of sp³-hybridized carbons (Fsp3) is 0.778. The largest absolute Gasteiger partial charge is 0.0887 e. The zero-order valence-electron chi connectivity index (χ0n) is 7.07. The first kappa shape index (κ1) is 8.74. The van der Waals surface area contributed by atoms with E-state index in [9.17, 15) is 0 Å². The lowest BCUT2D eigenvalue weighted by molar-refractivity contribution is 0.557. The number of allylic oxidation sites excluding steroid dienone is 2. The van der Waals surface area contributed by atoms with E-state index in [1.165, 1.54) is 18.4 Å². The van der Waals surface area contributed by atoms with Crippen molar-refractivity contribution in [2.24, 2.45) is 5.92 Å². The maximum Gasteiger partial charge on any atom is -0.0297 e. The van der Waals surface area contributed by atoms with Crippen molar-refractivity contribution in [1.82, 2.24) is 0 Å². The molecule has 0 aromatic rings. The van der Waals surface area contributed by atoms with Crippen molar-refractivity contribution in [3.05, 3.63) is 11.6 Å². The molecule has 0 heterocycles. The highest BCUT2D eigenvalue weighted by Crippen LogP contribution is 2.12. The van der Waals surface area contributed by atoms with Crippen molar-refractivity contribution in [2.75, 3.05) is 0 Å². The summed E-state index contributed by atoms with van der Waals surface area (Å²) < 4.78 is 0. The van der Waals surface area contributed by atoms with Gasteiger partial charge in [0.25, 0.3) is 0 Å². The van der Waals surface area contributed by atoms with Crippen LogP contribution in [-0.2, 0) is 0 Å². The SMILES string of the molecule is C/C=C(/C)CC(C)CC. The van der Waals surface area contributed by atoms with E-state index in [-0.39, 0.29) is 0 Å². The third-order valence-corrected chi connectivity index (χ3v) is 1.86. The summed E-state index contributed by atoms with van der Waals surface area (Å²) in [5.74, 6) is 0.862. The normalized spacial score (nSPS) is 15.8. The van der Waals surface area contributed by atoms with E-state index in [4.69, 9.17) is 0 Å². The van der Waals surface area contributed by atoms with Crippen molar-refractivity contribution >= 4 is 0 Å². The van der Waals surface area contributed by atoms with Crippen molar-refractivity contribution in [1.29, 1.82) is 0 Å². The molecule has 0 aromatic carbocycles. The van der Waals surface area contributed by atoms with Crippen LogP contribution in [-0.4, -0.2) is 0 Å². The quantitative estimate of drug-likeness (QED) is 0.508. The summed E-state index contributed by atoms with van der Waals surface area (Å²) in [6.07, 6.45) is 4.77. The molecule has 54 valence electrons. The molecule has 0 heteroatoms. The minimum Gasteiger partial charge on any atom is -0.0887 e. The van der Waals surface area contributed by atoms with E-state index >= 15 is 0 Å². The average molecular weight is 126 g/mol. The van der Waals surface area contributed by atoms with Crippen LogP contribution in [0.25, 0.3) is 0 Å². The van der Waals surface area contributed by atoms with E-state index in [0.29, 0.717) is 0 Å². The lowest BCUT2D eigenvalue weighted by Crippen LogP contribution is -1.91. The van der Waals surface area contributed by atoms with Gasteiger partial charge in [-0.1, -0.05) is 31.9 Å². The Bertz CT molecular complexity index is 90.2. The van der Waals surface area contributed by atoms with Gasteiger partial charge in [-0.15, -0.1) is 0 Å². The lowest BCUT2D eigenvalue weighted by atomic mass is 10.00. The van der Waals surface area contributed by atoms with Gasteiger partial charge in [0.05, 0.1) is 0 Å². The van der Waals surface area contributed by atoms with Crippen LogP contribution in [0, 0.1) is 5.92 Å². The standard InChI is InChI=1S/C9H18/c1-5-8(3)7-9(4)6-2/h5,9H,6-7H2,1-4H3/b8-5-. The fourth-order valence-corrected chi connectivity index (χ4v) is 0.812. The van der Waals surface area contributed by atoms with Gasteiger partial charge in [-0.05, 0) is 26.2 Å². The van der Waals surface area contributed by atoms with Gasteiger partial charge in [0.15, 0.2) is 0 Å². The van der Waals surface area contributed by atoms with E-state index in [1.54, 1.807) is 0 Å². The Morgan fingerprint density at radius 3 is 2.44 bits per heavy atom. The molecule has 0 saturated carbocycles. The fourth-order valence-electron chi connectivity index (χ4n) is 0.812. The van der Waals surface area contributed by atoms with Gasteiger partial charge < -0.3 is 0 Å². The summed E-state index contributed by atoms with van der Waals surface area (Å²) in [6.45, 7) is 8.85. The van der Waals surface area contributed by atoms with Crippen molar-refractivity contribution < 1.29 is 0 Å². The summed E-state index contributed by atoms with van der Waals surface area (Å²) in [6, 6.07) is 0. The number of rotatable bonds is 3. The maximum absolute atomic E-state index is 2.30. The molecule has 0 radical (unpaired) electrons. The highest BCUT2D eigenvalue weighted by atomic mass is 14.0. The molecule has 0 aliphatic carbocycles. The molecule has 0 aliphatic heterocycles.